The maximum Gasteiger partial charge on any atom is 0.192 e. The van der Waals surface area contributed by atoms with Crippen LogP contribution in [0, 0.1) is 0 Å². The van der Waals surface area contributed by atoms with Gasteiger partial charge < -0.3 is 4.89 Å². The van der Waals surface area contributed by atoms with Gasteiger partial charge in [0, 0.05) is 0 Å². The summed E-state index contributed by atoms with van der Waals surface area (Å²) in [5.41, 5.74) is 2.86. The van der Waals surface area contributed by atoms with Crippen LogP contribution >= 0.6 is 0 Å². The molecule has 0 saturated heterocycles. The Morgan fingerprint density at radius 1 is 0.812 bits per heavy atom. The van der Waals surface area contributed by atoms with Crippen molar-refractivity contribution in [2.24, 2.45) is 0 Å². The predicted molar refractivity (Wildman–Crippen MR) is 60.3 cm³/mol. The molecule has 0 fully saturated rings. The number of fused-ring (bicyclic) bond motifs is 2. The molecule has 1 heterocycles. The molecule has 3 aromatic rings. The third kappa shape index (κ3) is 1.28. The highest BCUT2D eigenvalue weighted by molar-refractivity contribution is 5.89. The van der Waals surface area contributed by atoms with Gasteiger partial charge in [-0.15, -0.1) is 0 Å². The van der Waals surface area contributed by atoms with Crippen LogP contribution in [0.1, 0.15) is 0 Å². The van der Waals surface area contributed by atoms with Crippen LogP contribution < -0.4 is 4.89 Å². The van der Waals surface area contributed by atoms with E-state index in [1.54, 1.807) is 12.1 Å². The van der Waals surface area contributed by atoms with Gasteiger partial charge >= 0.3 is 0 Å². The van der Waals surface area contributed by atoms with Crippen LogP contribution in [0.15, 0.2) is 42.5 Å². The second-order valence-electron chi connectivity index (χ2n) is 3.43. The zero-order chi connectivity index (χ0) is 11.0. The summed E-state index contributed by atoms with van der Waals surface area (Å²) in [6.45, 7) is 0. The molecule has 0 radical (unpaired) electrons. The molecule has 0 aliphatic heterocycles. The van der Waals surface area contributed by atoms with E-state index in [1.165, 1.54) is 0 Å². The van der Waals surface area contributed by atoms with Crippen molar-refractivity contribution in [1.82, 2.24) is 9.97 Å². The summed E-state index contributed by atoms with van der Waals surface area (Å²) >= 11 is 0. The second kappa shape index (κ2) is 3.43. The van der Waals surface area contributed by atoms with E-state index < -0.39 is 0 Å². The molecule has 0 saturated carbocycles. The number of benzene rings is 2. The van der Waals surface area contributed by atoms with Crippen LogP contribution in [0.2, 0.25) is 0 Å². The number of aromatic nitrogens is 2. The fourth-order valence-corrected chi connectivity index (χ4v) is 1.69. The lowest BCUT2D eigenvalue weighted by Gasteiger charge is -2.03. The molecule has 2 aromatic carbocycles. The van der Waals surface area contributed by atoms with E-state index in [1.807, 2.05) is 30.3 Å². The minimum atomic E-state index is 0.316. The first kappa shape index (κ1) is 9.06. The standard InChI is InChI=1S/C12H8N2O2/c15-16-11-7-3-6-10-12(11)14-9-5-2-1-4-8(9)13-10/h1-7,15H. The molecule has 0 aliphatic carbocycles. The van der Waals surface area contributed by atoms with Crippen molar-refractivity contribution in [1.29, 1.82) is 0 Å². The Balaban J connectivity index is 2.46. The van der Waals surface area contributed by atoms with E-state index in [0.717, 1.165) is 11.0 Å². The van der Waals surface area contributed by atoms with Crippen LogP contribution in [0.25, 0.3) is 22.1 Å². The summed E-state index contributed by atoms with van der Waals surface area (Å²) in [6, 6.07) is 12.8. The van der Waals surface area contributed by atoms with Gasteiger partial charge in [-0.05, 0) is 24.3 Å². The Morgan fingerprint density at radius 3 is 2.25 bits per heavy atom. The van der Waals surface area contributed by atoms with E-state index in [2.05, 4.69) is 14.9 Å². The average molecular weight is 212 g/mol. The van der Waals surface area contributed by atoms with Gasteiger partial charge in [0.2, 0.25) is 0 Å². The Kier molecular flexibility index (Phi) is 1.94. The van der Waals surface area contributed by atoms with E-state index in [9.17, 15) is 0 Å². The smallest absolute Gasteiger partial charge is 0.192 e. The molecule has 1 aromatic heterocycles. The van der Waals surface area contributed by atoms with Crippen LogP contribution in [-0.2, 0) is 0 Å². The molecule has 0 unspecified atom stereocenters. The molecule has 4 nitrogen and oxygen atoms in total. The molecular formula is C12H8N2O2. The first-order valence-corrected chi connectivity index (χ1v) is 4.85. The Labute approximate surface area is 91.1 Å². The van der Waals surface area contributed by atoms with Gasteiger partial charge in [0.15, 0.2) is 5.75 Å². The molecule has 1 N–H and O–H groups in total. The van der Waals surface area contributed by atoms with Crippen molar-refractivity contribution >= 4 is 22.1 Å². The van der Waals surface area contributed by atoms with Crippen molar-refractivity contribution in [2.75, 3.05) is 0 Å². The summed E-state index contributed by atoms with van der Waals surface area (Å²) in [4.78, 5) is 13.1. The Hall–Kier alpha value is -2.20. The minimum absolute atomic E-state index is 0.316. The fraction of sp³-hybridized carbons (Fsp3) is 0. The number of hydrogen-bond acceptors (Lipinski definition) is 4. The van der Waals surface area contributed by atoms with Gasteiger partial charge in [-0.2, -0.15) is 0 Å². The average Bonchev–Trinajstić information content (AvgIpc) is 2.35. The van der Waals surface area contributed by atoms with Gasteiger partial charge in [-0.25, -0.2) is 15.2 Å². The maximum absolute atomic E-state index is 8.74. The molecule has 0 aliphatic rings. The molecular weight excluding hydrogens is 204 g/mol. The predicted octanol–water partition coefficient (Wildman–Crippen LogP) is 2.63. The monoisotopic (exact) mass is 212 g/mol. The van der Waals surface area contributed by atoms with E-state index in [-0.39, 0.29) is 0 Å². The topological polar surface area (TPSA) is 55.2 Å². The lowest BCUT2D eigenvalue weighted by Crippen LogP contribution is -1.91. The molecule has 0 bridgehead atoms. The zero-order valence-corrected chi connectivity index (χ0v) is 8.29. The maximum atomic E-state index is 8.74. The summed E-state index contributed by atoms with van der Waals surface area (Å²) in [7, 11) is 0. The van der Waals surface area contributed by atoms with Gasteiger partial charge in [0.1, 0.15) is 5.52 Å². The highest BCUT2D eigenvalue weighted by atomic mass is 17.1. The minimum Gasteiger partial charge on any atom is -0.338 e. The van der Waals surface area contributed by atoms with Crippen molar-refractivity contribution in [2.45, 2.75) is 0 Å². The molecule has 78 valence electrons. The Bertz CT molecular complexity index is 667. The third-order valence-corrected chi connectivity index (χ3v) is 2.43. The van der Waals surface area contributed by atoms with Crippen molar-refractivity contribution in [3.63, 3.8) is 0 Å². The summed E-state index contributed by atoms with van der Waals surface area (Å²) in [6.07, 6.45) is 0. The van der Waals surface area contributed by atoms with Crippen molar-refractivity contribution in [3.8, 4) is 5.75 Å². The van der Waals surface area contributed by atoms with E-state index in [0.29, 0.717) is 16.8 Å². The summed E-state index contributed by atoms with van der Waals surface area (Å²) < 4.78 is 0. The summed E-state index contributed by atoms with van der Waals surface area (Å²) in [5, 5.41) is 8.74. The lowest BCUT2D eigenvalue weighted by atomic mass is 10.2. The van der Waals surface area contributed by atoms with Crippen LogP contribution in [0.5, 0.6) is 5.75 Å². The lowest BCUT2D eigenvalue weighted by molar-refractivity contribution is -0.136. The van der Waals surface area contributed by atoms with Gasteiger partial charge in [0.25, 0.3) is 0 Å². The Morgan fingerprint density at radius 2 is 1.50 bits per heavy atom. The quantitative estimate of drug-likeness (QED) is 0.382. The molecule has 0 amide bonds. The summed E-state index contributed by atoms with van der Waals surface area (Å²) in [5.74, 6) is 0.316. The highest BCUT2D eigenvalue weighted by Gasteiger charge is 2.06. The van der Waals surface area contributed by atoms with E-state index in [4.69, 9.17) is 5.26 Å². The third-order valence-electron chi connectivity index (χ3n) is 2.43. The highest BCUT2D eigenvalue weighted by Crippen LogP contribution is 2.23. The van der Waals surface area contributed by atoms with Gasteiger partial charge in [-0.1, -0.05) is 18.2 Å². The van der Waals surface area contributed by atoms with Crippen LogP contribution in [-0.4, -0.2) is 15.2 Å². The number of rotatable bonds is 1. The van der Waals surface area contributed by atoms with Gasteiger partial charge in [0.05, 0.1) is 16.6 Å². The van der Waals surface area contributed by atoms with Gasteiger partial charge in [-0.3, -0.25) is 0 Å². The van der Waals surface area contributed by atoms with E-state index >= 15 is 0 Å². The number of nitrogens with zero attached hydrogens (tertiary/aromatic N) is 2. The normalized spacial score (nSPS) is 10.8. The SMILES string of the molecule is OOc1cccc2nc3ccccc3nc12. The first-order chi connectivity index (χ1) is 7.88. The molecule has 16 heavy (non-hydrogen) atoms. The molecule has 3 rings (SSSR count). The number of hydrogen-bond donors (Lipinski definition) is 1. The first-order valence-electron chi connectivity index (χ1n) is 4.85. The molecule has 4 heteroatoms. The van der Waals surface area contributed by atoms with Crippen LogP contribution in [0.3, 0.4) is 0 Å². The number of para-hydroxylation sites is 3. The van der Waals surface area contributed by atoms with Crippen molar-refractivity contribution < 1.29 is 10.1 Å². The van der Waals surface area contributed by atoms with Crippen LogP contribution in [0.4, 0.5) is 0 Å². The fourth-order valence-electron chi connectivity index (χ4n) is 1.69. The zero-order valence-electron chi connectivity index (χ0n) is 8.29. The largest absolute Gasteiger partial charge is 0.338 e. The molecule has 0 atom stereocenters. The molecule has 0 spiro atoms. The second-order valence-corrected chi connectivity index (χ2v) is 3.43. The van der Waals surface area contributed by atoms with Crippen molar-refractivity contribution in [3.05, 3.63) is 42.5 Å².